The molecule has 0 unspecified atom stereocenters. The third kappa shape index (κ3) is 16.9. The lowest BCUT2D eigenvalue weighted by Crippen LogP contribution is -1.98. The first-order valence-corrected chi connectivity index (χ1v) is 13.3. The van der Waals surface area contributed by atoms with Gasteiger partial charge in [-0.25, -0.2) is 0 Å². The Morgan fingerprint density at radius 2 is 1.06 bits per heavy atom. The van der Waals surface area contributed by atoms with Gasteiger partial charge in [0.2, 0.25) is 0 Å². The van der Waals surface area contributed by atoms with Gasteiger partial charge >= 0.3 is 0 Å². The Morgan fingerprint density at radius 3 is 1.50 bits per heavy atom. The van der Waals surface area contributed by atoms with E-state index in [-0.39, 0.29) is 23.7 Å². The number of ketones is 1. The molecule has 1 aromatic rings. The predicted octanol–water partition coefficient (Wildman–Crippen LogP) is 8.81. The van der Waals surface area contributed by atoms with Gasteiger partial charge in [0.15, 0.2) is 5.78 Å². The first-order chi connectivity index (χ1) is 15.6. The van der Waals surface area contributed by atoms with Gasteiger partial charge < -0.3 is 10.2 Å². The number of carbonyl (C=O) groups excluding carboxylic acids is 1. The molecule has 0 spiro atoms. The average Bonchev–Trinajstić information content (AvgIpc) is 2.74. The van der Waals surface area contributed by atoms with Gasteiger partial charge in [0, 0.05) is 12.5 Å². The Labute approximate surface area is 197 Å². The normalized spacial score (nSPS) is 11.4. The molecular formula is C29H48O3. The van der Waals surface area contributed by atoms with Crippen LogP contribution < -0.4 is 0 Å². The molecule has 0 radical (unpaired) electrons. The molecule has 0 fully saturated rings. The van der Waals surface area contributed by atoms with E-state index in [1.165, 1.54) is 121 Å². The monoisotopic (exact) mass is 444 g/mol. The van der Waals surface area contributed by atoms with Crippen molar-refractivity contribution in [3.8, 4) is 11.5 Å². The van der Waals surface area contributed by atoms with Crippen LogP contribution in [0.1, 0.15) is 128 Å². The molecule has 0 aromatic heterocycles. The van der Waals surface area contributed by atoms with Crippen LogP contribution in [0, 0.1) is 0 Å². The molecule has 0 aliphatic rings. The van der Waals surface area contributed by atoms with Gasteiger partial charge in [-0.05, 0) is 36.6 Å². The smallest absolute Gasteiger partial charge is 0.159 e. The highest BCUT2D eigenvalue weighted by molar-refractivity contribution is 5.91. The van der Waals surface area contributed by atoms with E-state index in [4.69, 9.17) is 0 Å². The van der Waals surface area contributed by atoms with E-state index in [9.17, 15) is 15.0 Å². The van der Waals surface area contributed by atoms with Crippen molar-refractivity contribution in [2.75, 3.05) is 0 Å². The maximum Gasteiger partial charge on any atom is 0.159 e. The molecule has 0 bridgehead atoms. The number of rotatable bonds is 21. The molecule has 0 aliphatic heterocycles. The van der Waals surface area contributed by atoms with Gasteiger partial charge in [0.05, 0.1) is 0 Å². The molecule has 1 aromatic carbocycles. The van der Waals surface area contributed by atoms with Crippen molar-refractivity contribution >= 4 is 5.78 Å². The minimum atomic E-state index is -0.0136. The average molecular weight is 445 g/mol. The van der Waals surface area contributed by atoms with Gasteiger partial charge in [-0.15, -0.1) is 0 Å². The van der Waals surface area contributed by atoms with Crippen LogP contribution in [0.5, 0.6) is 11.5 Å². The largest absolute Gasteiger partial charge is 0.508 e. The summed E-state index contributed by atoms with van der Waals surface area (Å²) in [5.41, 5.74) is 0.634. The summed E-state index contributed by atoms with van der Waals surface area (Å²) in [6, 6.07) is 4.30. The van der Waals surface area contributed by atoms with E-state index in [1.807, 2.05) is 6.08 Å². The fourth-order valence-corrected chi connectivity index (χ4v) is 4.22. The highest BCUT2D eigenvalue weighted by Gasteiger charge is 2.03. The second-order valence-corrected chi connectivity index (χ2v) is 9.35. The van der Waals surface area contributed by atoms with Crippen LogP contribution in [-0.4, -0.2) is 16.0 Å². The number of benzene rings is 1. The zero-order valence-corrected chi connectivity index (χ0v) is 20.6. The van der Waals surface area contributed by atoms with Crippen molar-refractivity contribution in [3.05, 3.63) is 35.9 Å². The molecule has 0 amide bonds. The standard InChI is InChI=1S/C29H48O3/c1-2-3-4-5-6-7-8-9-10-11-12-13-14-15-16-17-18-19-20-21-27(30)22-26-23-28(31)25-29(32)24-26/h20-21,23-25,31-32H,2-19,22H2,1H3. The Morgan fingerprint density at radius 1 is 0.656 bits per heavy atom. The van der Waals surface area contributed by atoms with Crippen LogP contribution >= 0.6 is 0 Å². The molecule has 0 saturated carbocycles. The van der Waals surface area contributed by atoms with Crippen LogP contribution in [0.2, 0.25) is 0 Å². The van der Waals surface area contributed by atoms with Crippen LogP contribution in [0.25, 0.3) is 0 Å². The molecule has 0 heterocycles. The maximum atomic E-state index is 12.0. The molecule has 0 aliphatic carbocycles. The molecular weight excluding hydrogens is 396 g/mol. The first-order valence-electron chi connectivity index (χ1n) is 13.3. The number of hydrogen-bond donors (Lipinski definition) is 2. The summed E-state index contributed by atoms with van der Waals surface area (Å²) < 4.78 is 0. The minimum Gasteiger partial charge on any atom is -0.508 e. The predicted molar refractivity (Wildman–Crippen MR) is 136 cm³/mol. The highest BCUT2D eigenvalue weighted by atomic mass is 16.3. The number of aromatic hydroxyl groups is 2. The summed E-state index contributed by atoms with van der Waals surface area (Å²) in [5.74, 6) is -0.0254. The van der Waals surface area contributed by atoms with Crippen molar-refractivity contribution in [1.82, 2.24) is 0 Å². The van der Waals surface area contributed by atoms with Crippen LogP contribution in [0.15, 0.2) is 30.4 Å². The van der Waals surface area contributed by atoms with E-state index in [0.29, 0.717) is 5.56 Å². The third-order valence-electron chi connectivity index (χ3n) is 6.12. The van der Waals surface area contributed by atoms with Crippen molar-refractivity contribution in [2.45, 2.75) is 129 Å². The summed E-state index contributed by atoms with van der Waals surface area (Å²) in [5, 5.41) is 18.9. The number of phenolic OH excluding ortho intramolecular Hbond substituents is 2. The van der Waals surface area contributed by atoms with Gasteiger partial charge in [-0.1, -0.05) is 116 Å². The van der Waals surface area contributed by atoms with E-state index >= 15 is 0 Å². The van der Waals surface area contributed by atoms with E-state index in [1.54, 1.807) is 6.08 Å². The Kier molecular flexibility index (Phi) is 17.6. The van der Waals surface area contributed by atoms with Crippen LogP contribution in [-0.2, 0) is 11.2 Å². The van der Waals surface area contributed by atoms with E-state index in [0.717, 1.165) is 12.8 Å². The lowest BCUT2D eigenvalue weighted by atomic mass is 10.0. The number of carbonyl (C=O) groups is 1. The summed E-state index contributed by atoms with van der Waals surface area (Å²) in [7, 11) is 0. The van der Waals surface area contributed by atoms with Gasteiger partial charge in [0.25, 0.3) is 0 Å². The topological polar surface area (TPSA) is 57.5 Å². The van der Waals surface area contributed by atoms with Gasteiger partial charge in [0.1, 0.15) is 11.5 Å². The summed E-state index contributed by atoms with van der Waals surface area (Å²) in [6.45, 7) is 2.28. The molecule has 3 heteroatoms. The van der Waals surface area contributed by atoms with Gasteiger partial charge in [-0.2, -0.15) is 0 Å². The summed E-state index contributed by atoms with van der Waals surface area (Å²) in [6.07, 6.45) is 28.1. The number of phenols is 2. The summed E-state index contributed by atoms with van der Waals surface area (Å²) in [4.78, 5) is 12.0. The molecule has 182 valence electrons. The lowest BCUT2D eigenvalue weighted by molar-refractivity contribution is -0.114. The fraction of sp³-hybridized carbons (Fsp3) is 0.690. The number of unbranched alkanes of at least 4 members (excludes halogenated alkanes) is 17. The third-order valence-corrected chi connectivity index (χ3v) is 6.12. The Bertz CT molecular complexity index is 601. The molecule has 3 nitrogen and oxygen atoms in total. The van der Waals surface area contributed by atoms with Gasteiger partial charge in [-0.3, -0.25) is 4.79 Å². The second-order valence-electron chi connectivity index (χ2n) is 9.35. The van der Waals surface area contributed by atoms with Crippen molar-refractivity contribution < 1.29 is 15.0 Å². The van der Waals surface area contributed by atoms with E-state index in [2.05, 4.69) is 6.92 Å². The van der Waals surface area contributed by atoms with Crippen molar-refractivity contribution in [1.29, 1.82) is 0 Å². The quantitative estimate of drug-likeness (QED) is 0.147. The molecule has 0 saturated heterocycles. The first kappa shape index (κ1) is 28.3. The molecule has 2 N–H and O–H groups in total. The van der Waals surface area contributed by atoms with Crippen molar-refractivity contribution in [3.63, 3.8) is 0 Å². The molecule has 1 rings (SSSR count). The lowest BCUT2D eigenvalue weighted by Gasteiger charge is -2.03. The van der Waals surface area contributed by atoms with Crippen LogP contribution in [0.3, 0.4) is 0 Å². The van der Waals surface area contributed by atoms with Crippen molar-refractivity contribution in [2.24, 2.45) is 0 Å². The van der Waals surface area contributed by atoms with Crippen LogP contribution in [0.4, 0.5) is 0 Å². The zero-order valence-electron chi connectivity index (χ0n) is 20.6. The maximum absolute atomic E-state index is 12.0. The van der Waals surface area contributed by atoms with E-state index < -0.39 is 0 Å². The minimum absolute atomic E-state index is 0.00183. The second kappa shape index (κ2) is 19.9. The number of hydrogen-bond acceptors (Lipinski definition) is 3. The molecule has 0 atom stereocenters. The SMILES string of the molecule is CCCCCCCCCCCCCCCCCCCC=CC(=O)Cc1cc(O)cc(O)c1. The Hall–Kier alpha value is -1.77. The summed E-state index contributed by atoms with van der Waals surface area (Å²) >= 11 is 0. The highest BCUT2D eigenvalue weighted by Crippen LogP contribution is 2.21. The molecule has 32 heavy (non-hydrogen) atoms. The Balaban J connectivity index is 1.84. The number of allylic oxidation sites excluding steroid dienone is 2. The fourth-order valence-electron chi connectivity index (χ4n) is 4.22. The zero-order chi connectivity index (χ0) is 23.3.